The molecule has 2 atom stereocenters. The van der Waals surface area contributed by atoms with Gasteiger partial charge in [0.15, 0.2) is 0 Å². The van der Waals surface area contributed by atoms with E-state index in [2.05, 4.69) is 0 Å². The fraction of sp³-hybridized carbons (Fsp3) is 1.00. The van der Waals surface area contributed by atoms with Crippen LogP contribution in [0.1, 0.15) is 64.2 Å². The van der Waals surface area contributed by atoms with E-state index in [1.165, 1.54) is 38.5 Å². The summed E-state index contributed by atoms with van der Waals surface area (Å²) in [6.07, 6.45) is 11.1. The van der Waals surface area contributed by atoms with Gasteiger partial charge in [0.25, 0.3) is 0 Å². The molecule has 2 N–H and O–H groups in total. The second-order valence-corrected chi connectivity index (χ2v) is 5.78. The molecular weight excluding hydrogens is 200 g/mol. The zero-order valence-electron chi connectivity index (χ0n) is 10.3. The van der Waals surface area contributed by atoms with Crippen LogP contribution in [-0.2, 0) is 0 Å². The van der Waals surface area contributed by atoms with Crippen molar-refractivity contribution in [3.05, 3.63) is 0 Å². The summed E-state index contributed by atoms with van der Waals surface area (Å²) < 4.78 is 0. The molecule has 2 saturated carbocycles. The highest BCUT2D eigenvalue weighted by atomic mass is 16.3. The molecule has 0 bridgehead atoms. The molecule has 0 spiro atoms. The van der Waals surface area contributed by atoms with Crippen molar-refractivity contribution in [3.8, 4) is 0 Å². The predicted molar refractivity (Wildman–Crippen MR) is 65.2 cm³/mol. The van der Waals surface area contributed by atoms with Gasteiger partial charge in [0, 0.05) is 0 Å². The van der Waals surface area contributed by atoms with Gasteiger partial charge in [-0.15, -0.1) is 0 Å². The van der Waals surface area contributed by atoms with Crippen molar-refractivity contribution in [3.63, 3.8) is 0 Å². The summed E-state index contributed by atoms with van der Waals surface area (Å²) in [4.78, 5) is 0. The van der Waals surface area contributed by atoms with Crippen LogP contribution in [0.3, 0.4) is 0 Å². The molecule has 0 saturated heterocycles. The first-order valence-corrected chi connectivity index (χ1v) is 7.15. The number of hydrogen-bond acceptors (Lipinski definition) is 2. The maximum atomic E-state index is 10.2. The number of hydrogen-bond donors (Lipinski definition) is 2. The minimum Gasteiger partial charge on any atom is -0.390 e. The third kappa shape index (κ3) is 2.98. The Morgan fingerprint density at radius 2 is 0.875 bits per heavy atom. The lowest BCUT2D eigenvalue weighted by atomic mass is 9.77. The van der Waals surface area contributed by atoms with Gasteiger partial charge in [0.05, 0.1) is 12.2 Å². The Morgan fingerprint density at radius 1 is 0.562 bits per heavy atom. The molecular formula is C14H26O2. The van der Waals surface area contributed by atoms with E-state index in [-0.39, 0.29) is 0 Å². The summed E-state index contributed by atoms with van der Waals surface area (Å²) >= 11 is 0. The second kappa shape index (κ2) is 6.02. The summed E-state index contributed by atoms with van der Waals surface area (Å²) in [6.45, 7) is 0. The van der Waals surface area contributed by atoms with Crippen molar-refractivity contribution >= 4 is 0 Å². The molecule has 0 aromatic heterocycles. The molecule has 0 amide bonds. The van der Waals surface area contributed by atoms with Crippen LogP contribution in [0, 0.1) is 11.8 Å². The van der Waals surface area contributed by atoms with E-state index in [9.17, 15) is 10.2 Å². The standard InChI is InChI=1S/C14H26O2/c15-13(11-7-3-1-4-8-11)14(16)12-9-5-2-6-10-12/h11-16H,1-10H2/t13-,14+. The van der Waals surface area contributed by atoms with E-state index in [1.807, 2.05) is 0 Å². The van der Waals surface area contributed by atoms with Gasteiger partial charge in [-0.3, -0.25) is 0 Å². The molecule has 2 nitrogen and oxygen atoms in total. The van der Waals surface area contributed by atoms with E-state index < -0.39 is 12.2 Å². The van der Waals surface area contributed by atoms with Crippen molar-refractivity contribution in [1.29, 1.82) is 0 Å². The SMILES string of the molecule is O[C@H](C1CCCCC1)[C@@H](O)C1CCCCC1. The molecule has 2 rings (SSSR count). The fourth-order valence-corrected chi connectivity index (χ4v) is 3.51. The Balaban J connectivity index is 1.84. The number of aliphatic hydroxyl groups is 2. The predicted octanol–water partition coefficient (Wildman–Crippen LogP) is 2.87. The van der Waals surface area contributed by atoms with Crippen LogP contribution >= 0.6 is 0 Å². The monoisotopic (exact) mass is 226 g/mol. The molecule has 0 radical (unpaired) electrons. The van der Waals surface area contributed by atoms with Crippen molar-refractivity contribution in [2.45, 2.75) is 76.4 Å². The molecule has 16 heavy (non-hydrogen) atoms. The highest BCUT2D eigenvalue weighted by Gasteiger charge is 2.33. The molecule has 0 aromatic carbocycles. The zero-order valence-corrected chi connectivity index (χ0v) is 10.3. The van der Waals surface area contributed by atoms with Crippen LogP contribution in [0.5, 0.6) is 0 Å². The van der Waals surface area contributed by atoms with Gasteiger partial charge >= 0.3 is 0 Å². The zero-order chi connectivity index (χ0) is 11.4. The third-order valence-electron chi connectivity index (χ3n) is 4.62. The highest BCUT2D eigenvalue weighted by Crippen LogP contribution is 2.33. The van der Waals surface area contributed by atoms with Crippen molar-refractivity contribution in [1.82, 2.24) is 0 Å². The summed E-state index contributed by atoms with van der Waals surface area (Å²) in [5, 5.41) is 20.5. The Labute approximate surface area is 99.1 Å². The van der Waals surface area contributed by atoms with Crippen LogP contribution < -0.4 is 0 Å². The smallest absolute Gasteiger partial charge is 0.0829 e. The summed E-state index contributed by atoms with van der Waals surface area (Å²) in [5.41, 5.74) is 0. The Bertz CT molecular complexity index is 171. The maximum absolute atomic E-state index is 10.2. The average Bonchev–Trinajstić information content (AvgIpc) is 2.39. The van der Waals surface area contributed by atoms with Gasteiger partial charge in [0.1, 0.15) is 0 Å². The van der Waals surface area contributed by atoms with Gasteiger partial charge in [0.2, 0.25) is 0 Å². The normalized spacial score (nSPS) is 28.9. The van der Waals surface area contributed by atoms with Gasteiger partial charge in [-0.2, -0.15) is 0 Å². The lowest BCUT2D eigenvalue weighted by Crippen LogP contribution is -2.40. The molecule has 2 aliphatic carbocycles. The molecule has 2 heteroatoms. The molecule has 2 aliphatic rings. The van der Waals surface area contributed by atoms with Crippen LogP contribution in [0.2, 0.25) is 0 Å². The molecule has 0 heterocycles. The lowest BCUT2D eigenvalue weighted by Gasteiger charge is -2.35. The molecule has 2 fully saturated rings. The van der Waals surface area contributed by atoms with E-state index in [0.29, 0.717) is 11.8 Å². The third-order valence-corrected chi connectivity index (χ3v) is 4.62. The quantitative estimate of drug-likeness (QED) is 0.777. The minimum atomic E-state index is -0.455. The van der Waals surface area contributed by atoms with Crippen LogP contribution in [0.15, 0.2) is 0 Å². The van der Waals surface area contributed by atoms with Gasteiger partial charge in [-0.1, -0.05) is 38.5 Å². The minimum absolute atomic E-state index is 0.366. The molecule has 0 unspecified atom stereocenters. The molecule has 0 aliphatic heterocycles. The van der Waals surface area contributed by atoms with Gasteiger partial charge < -0.3 is 10.2 Å². The first-order valence-electron chi connectivity index (χ1n) is 7.15. The van der Waals surface area contributed by atoms with E-state index in [0.717, 1.165) is 25.7 Å². The first kappa shape index (κ1) is 12.4. The van der Waals surface area contributed by atoms with E-state index in [4.69, 9.17) is 0 Å². The first-order chi connectivity index (χ1) is 7.79. The summed E-state index contributed by atoms with van der Waals surface area (Å²) in [7, 11) is 0. The topological polar surface area (TPSA) is 40.5 Å². The summed E-state index contributed by atoms with van der Waals surface area (Å²) in [5.74, 6) is 0.733. The number of aliphatic hydroxyl groups excluding tert-OH is 2. The van der Waals surface area contributed by atoms with E-state index in [1.54, 1.807) is 0 Å². The highest BCUT2D eigenvalue weighted by molar-refractivity contribution is 4.84. The maximum Gasteiger partial charge on any atom is 0.0829 e. The van der Waals surface area contributed by atoms with Crippen molar-refractivity contribution < 1.29 is 10.2 Å². The average molecular weight is 226 g/mol. The Kier molecular flexibility index (Phi) is 4.66. The Hall–Kier alpha value is -0.0800. The second-order valence-electron chi connectivity index (χ2n) is 5.78. The van der Waals surface area contributed by atoms with Crippen molar-refractivity contribution in [2.24, 2.45) is 11.8 Å². The lowest BCUT2D eigenvalue weighted by molar-refractivity contribution is -0.0623. The van der Waals surface area contributed by atoms with Crippen molar-refractivity contribution in [2.75, 3.05) is 0 Å². The fourth-order valence-electron chi connectivity index (χ4n) is 3.51. The van der Waals surface area contributed by atoms with Gasteiger partial charge in [-0.05, 0) is 37.5 Å². The van der Waals surface area contributed by atoms with Crippen LogP contribution in [-0.4, -0.2) is 22.4 Å². The van der Waals surface area contributed by atoms with Crippen LogP contribution in [0.25, 0.3) is 0 Å². The molecule has 94 valence electrons. The van der Waals surface area contributed by atoms with Crippen LogP contribution in [0.4, 0.5) is 0 Å². The largest absolute Gasteiger partial charge is 0.390 e. The van der Waals surface area contributed by atoms with Gasteiger partial charge in [-0.25, -0.2) is 0 Å². The molecule has 0 aromatic rings. The Morgan fingerprint density at radius 3 is 1.19 bits per heavy atom. The summed E-state index contributed by atoms with van der Waals surface area (Å²) in [6, 6.07) is 0. The van der Waals surface area contributed by atoms with E-state index >= 15 is 0 Å². The number of rotatable bonds is 3.